The Kier molecular flexibility index (Phi) is 4.65. The molecule has 0 N–H and O–H groups in total. The zero-order valence-corrected chi connectivity index (χ0v) is 12.9. The molecule has 0 saturated carbocycles. The molecule has 0 aliphatic carbocycles. The van der Waals surface area contributed by atoms with E-state index in [0.29, 0.717) is 6.42 Å². The van der Waals surface area contributed by atoms with E-state index < -0.39 is 0 Å². The number of benzene rings is 1. The second kappa shape index (κ2) is 6.85. The molecule has 1 fully saturated rings. The first-order chi connectivity index (χ1) is 10.3. The number of aryl methyl sites for hydroxylation is 2. The maximum absolute atomic E-state index is 12.1. The van der Waals surface area contributed by atoms with Gasteiger partial charge in [0.15, 0.2) is 0 Å². The third-order valence-corrected chi connectivity index (χ3v) is 4.82. The van der Waals surface area contributed by atoms with Crippen LogP contribution in [0.3, 0.4) is 0 Å². The molecular formula is C17H20N2OS. The third kappa shape index (κ3) is 3.91. The van der Waals surface area contributed by atoms with Crippen molar-refractivity contribution in [3.05, 3.63) is 52.0 Å². The van der Waals surface area contributed by atoms with E-state index in [1.807, 2.05) is 16.3 Å². The highest BCUT2D eigenvalue weighted by atomic mass is 32.1. The summed E-state index contributed by atoms with van der Waals surface area (Å²) in [6.07, 6.45) is 4.71. The summed E-state index contributed by atoms with van der Waals surface area (Å²) in [6, 6.07) is 10.5. The molecule has 110 valence electrons. The highest BCUT2D eigenvalue weighted by Gasteiger charge is 2.18. The number of carbonyl (C=O) groups excluding carboxylic acids is 1. The predicted octanol–water partition coefficient (Wildman–Crippen LogP) is 3.09. The summed E-state index contributed by atoms with van der Waals surface area (Å²) in [7, 11) is 0. The third-order valence-electron chi connectivity index (χ3n) is 3.86. The van der Waals surface area contributed by atoms with Crippen LogP contribution in [0.5, 0.6) is 0 Å². The SMILES string of the molecule is O=C(Cc1csc(CCc2ccccc2)n1)N1CCCC1. The van der Waals surface area contributed by atoms with Crippen LogP contribution in [0.25, 0.3) is 0 Å². The monoisotopic (exact) mass is 300 g/mol. The van der Waals surface area contributed by atoms with Crippen LogP contribution in [0.2, 0.25) is 0 Å². The molecule has 1 saturated heterocycles. The Hall–Kier alpha value is -1.68. The number of hydrogen-bond acceptors (Lipinski definition) is 3. The Morgan fingerprint density at radius 2 is 1.90 bits per heavy atom. The van der Waals surface area contributed by atoms with E-state index in [4.69, 9.17) is 0 Å². The van der Waals surface area contributed by atoms with Gasteiger partial charge in [-0.25, -0.2) is 4.98 Å². The number of thiazole rings is 1. The van der Waals surface area contributed by atoms with Gasteiger partial charge in [-0.15, -0.1) is 11.3 Å². The van der Waals surface area contributed by atoms with Crippen LogP contribution in [0.15, 0.2) is 35.7 Å². The fourth-order valence-corrected chi connectivity index (χ4v) is 3.47. The number of carbonyl (C=O) groups is 1. The largest absolute Gasteiger partial charge is 0.342 e. The topological polar surface area (TPSA) is 33.2 Å². The highest BCUT2D eigenvalue weighted by molar-refractivity contribution is 7.09. The van der Waals surface area contributed by atoms with Gasteiger partial charge in [-0.1, -0.05) is 30.3 Å². The molecule has 1 amide bonds. The fraction of sp³-hybridized carbons (Fsp3) is 0.412. The van der Waals surface area contributed by atoms with Crippen molar-refractivity contribution < 1.29 is 4.79 Å². The molecule has 1 aromatic carbocycles. The van der Waals surface area contributed by atoms with Crippen molar-refractivity contribution >= 4 is 17.2 Å². The van der Waals surface area contributed by atoms with Gasteiger partial charge in [0.1, 0.15) is 0 Å². The van der Waals surface area contributed by atoms with E-state index in [0.717, 1.165) is 49.5 Å². The van der Waals surface area contributed by atoms with E-state index >= 15 is 0 Å². The van der Waals surface area contributed by atoms with Crippen molar-refractivity contribution in [2.24, 2.45) is 0 Å². The Balaban J connectivity index is 1.52. The van der Waals surface area contributed by atoms with Crippen molar-refractivity contribution in [2.75, 3.05) is 13.1 Å². The lowest BCUT2D eigenvalue weighted by Gasteiger charge is -2.13. The number of hydrogen-bond donors (Lipinski definition) is 0. The molecule has 0 bridgehead atoms. The van der Waals surface area contributed by atoms with Gasteiger partial charge in [-0.2, -0.15) is 0 Å². The van der Waals surface area contributed by atoms with Gasteiger partial charge >= 0.3 is 0 Å². The van der Waals surface area contributed by atoms with Crippen LogP contribution in [-0.4, -0.2) is 28.9 Å². The van der Waals surface area contributed by atoms with E-state index in [1.165, 1.54) is 5.56 Å². The second-order valence-corrected chi connectivity index (χ2v) is 6.43. The normalized spacial score (nSPS) is 14.6. The average molecular weight is 300 g/mol. The molecule has 0 unspecified atom stereocenters. The molecule has 3 rings (SSSR count). The zero-order chi connectivity index (χ0) is 14.5. The summed E-state index contributed by atoms with van der Waals surface area (Å²) in [4.78, 5) is 18.7. The maximum Gasteiger partial charge on any atom is 0.228 e. The van der Waals surface area contributed by atoms with Gasteiger partial charge in [0.05, 0.1) is 17.1 Å². The van der Waals surface area contributed by atoms with Gasteiger partial charge < -0.3 is 4.90 Å². The summed E-state index contributed by atoms with van der Waals surface area (Å²) in [6.45, 7) is 1.84. The molecule has 1 aliphatic heterocycles. The second-order valence-electron chi connectivity index (χ2n) is 5.48. The molecule has 1 aliphatic rings. The standard InChI is InChI=1S/C17H20N2OS/c20-17(19-10-4-5-11-19)12-15-13-21-16(18-15)9-8-14-6-2-1-3-7-14/h1-3,6-7,13H,4-5,8-12H2. The van der Waals surface area contributed by atoms with Gasteiger partial charge in [0.2, 0.25) is 5.91 Å². The summed E-state index contributed by atoms with van der Waals surface area (Å²) in [5.74, 6) is 0.229. The van der Waals surface area contributed by atoms with Crippen LogP contribution < -0.4 is 0 Å². The van der Waals surface area contributed by atoms with Crippen LogP contribution in [0.4, 0.5) is 0 Å². The van der Waals surface area contributed by atoms with Gasteiger partial charge in [-0.05, 0) is 24.8 Å². The zero-order valence-electron chi connectivity index (χ0n) is 12.1. The number of rotatable bonds is 5. The van der Waals surface area contributed by atoms with Crippen molar-refractivity contribution in [1.82, 2.24) is 9.88 Å². The van der Waals surface area contributed by atoms with Crippen molar-refractivity contribution in [3.63, 3.8) is 0 Å². The predicted molar refractivity (Wildman–Crippen MR) is 85.5 cm³/mol. The van der Waals surface area contributed by atoms with E-state index in [9.17, 15) is 4.79 Å². The quantitative estimate of drug-likeness (QED) is 0.850. The lowest BCUT2D eigenvalue weighted by Crippen LogP contribution is -2.29. The van der Waals surface area contributed by atoms with E-state index in [2.05, 4.69) is 29.2 Å². The van der Waals surface area contributed by atoms with Gasteiger partial charge in [-0.3, -0.25) is 4.79 Å². The van der Waals surface area contributed by atoms with Crippen molar-refractivity contribution in [3.8, 4) is 0 Å². The van der Waals surface area contributed by atoms with Gasteiger partial charge in [0, 0.05) is 24.9 Å². The molecule has 0 radical (unpaired) electrons. The fourth-order valence-electron chi connectivity index (χ4n) is 2.67. The van der Waals surface area contributed by atoms with E-state index in [-0.39, 0.29) is 5.91 Å². The lowest BCUT2D eigenvalue weighted by atomic mass is 10.1. The van der Waals surface area contributed by atoms with Crippen molar-refractivity contribution in [2.45, 2.75) is 32.1 Å². The van der Waals surface area contributed by atoms with Crippen molar-refractivity contribution in [1.29, 1.82) is 0 Å². The molecule has 1 aromatic heterocycles. The summed E-state index contributed by atoms with van der Waals surface area (Å²) >= 11 is 1.67. The Labute approximate surface area is 129 Å². The number of amides is 1. The Morgan fingerprint density at radius 1 is 1.14 bits per heavy atom. The minimum absolute atomic E-state index is 0.229. The van der Waals surface area contributed by atoms with Gasteiger partial charge in [0.25, 0.3) is 0 Å². The Bertz CT molecular complexity index is 588. The summed E-state index contributed by atoms with van der Waals surface area (Å²) < 4.78 is 0. The van der Waals surface area contributed by atoms with Crippen LogP contribution in [-0.2, 0) is 24.1 Å². The highest BCUT2D eigenvalue weighted by Crippen LogP contribution is 2.15. The first kappa shape index (κ1) is 14.3. The number of nitrogens with zero attached hydrogens (tertiary/aromatic N) is 2. The van der Waals surface area contributed by atoms with Crippen LogP contribution >= 0.6 is 11.3 Å². The molecule has 4 heteroatoms. The molecule has 2 aromatic rings. The minimum atomic E-state index is 0.229. The number of likely N-dealkylation sites (tertiary alicyclic amines) is 1. The van der Waals surface area contributed by atoms with E-state index in [1.54, 1.807) is 11.3 Å². The lowest BCUT2D eigenvalue weighted by molar-refractivity contribution is -0.129. The smallest absolute Gasteiger partial charge is 0.228 e. The number of aromatic nitrogens is 1. The average Bonchev–Trinajstić information content (AvgIpc) is 3.18. The maximum atomic E-state index is 12.1. The summed E-state index contributed by atoms with van der Waals surface area (Å²) in [5.41, 5.74) is 2.27. The molecule has 3 nitrogen and oxygen atoms in total. The minimum Gasteiger partial charge on any atom is -0.342 e. The molecule has 21 heavy (non-hydrogen) atoms. The Morgan fingerprint density at radius 3 is 2.67 bits per heavy atom. The van der Waals surface area contributed by atoms with Crippen LogP contribution in [0, 0.1) is 0 Å². The first-order valence-electron chi connectivity index (χ1n) is 7.56. The summed E-state index contributed by atoms with van der Waals surface area (Å²) in [5, 5.41) is 3.16. The first-order valence-corrected chi connectivity index (χ1v) is 8.44. The molecule has 0 spiro atoms. The molecular weight excluding hydrogens is 280 g/mol. The molecule has 0 atom stereocenters. The molecule has 2 heterocycles. The van der Waals surface area contributed by atoms with Crippen LogP contribution in [0.1, 0.15) is 29.1 Å².